The normalized spacial score (nSPS) is 10.6. The molecule has 0 spiro atoms. The van der Waals surface area contributed by atoms with E-state index in [0.717, 1.165) is 22.4 Å². The van der Waals surface area contributed by atoms with E-state index in [1.165, 1.54) is 0 Å². The van der Waals surface area contributed by atoms with Crippen LogP contribution in [0.2, 0.25) is 0 Å². The van der Waals surface area contributed by atoms with Gasteiger partial charge in [0.15, 0.2) is 11.3 Å². The minimum absolute atomic E-state index is 0.714. The highest BCUT2D eigenvalue weighted by molar-refractivity contribution is 5.94. The molecule has 68 valence electrons. The fourth-order valence-electron chi connectivity index (χ4n) is 1.42. The van der Waals surface area contributed by atoms with Crippen LogP contribution in [0.3, 0.4) is 0 Å². The largest absolute Gasteiger partial charge is 0.493 e. The smallest absolute Gasteiger partial charge is 0.177 e. The fourth-order valence-corrected chi connectivity index (χ4v) is 1.42. The van der Waals surface area contributed by atoms with Crippen LogP contribution in [-0.2, 0) is 0 Å². The van der Waals surface area contributed by atoms with Crippen molar-refractivity contribution >= 4 is 16.7 Å². The zero-order chi connectivity index (χ0) is 9.42. The van der Waals surface area contributed by atoms with Crippen LogP contribution in [0.1, 0.15) is 5.56 Å². The summed E-state index contributed by atoms with van der Waals surface area (Å²) in [6.45, 7) is 1.95. The molecule has 0 fully saturated rings. The fraction of sp³-hybridized carbons (Fsp3) is 0.200. The molecule has 0 unspecified atom stereocenters. The summed E-state index contributed by atoms with van der Waals surface area (Å²) in [5, 5.41) is 0.914. The van der Waals surface area contributed by atoms with Gasteiger partial charge in [0.2, 0.25) is 0 Å². The van der Waals surface area contributed by atoms with Crippen LogP contribution < -0.4 is 10.5 Å². The summed E-state index contributed by atoms with van der Waals surface area (Å²) >= 11 is 0. The Hall–Kier alpha value is -1.64. The third-order valence-electron chi connectivity index (χ3n) is 2.17. The number of aryl methyl sites for hydroxylation is 1. The highest BCUT2D eigenvalue weighted by atomic mass is 16.5. The van der Waals surface area contributed by atoms with E-state index in [9.17, 15) is 0 Å². The van der Waals surface area contributed by atoms with Crippen molar-refractivity contribution in [3.63, 3.8) is 0 Å². The van der Waals surface area contributed by atoms with Gasteiger partial charge in [0, 0.05) is 11.1 Å². The average molecular weight is 177 g/mol. The number of hydrogen-bond donors (Lipinski definition) is 1. The van der Waals surface area contributed by atoms with E-state index in [2.05, 4.69) is 0 Å². The van der Waals surface area contributed by atoms with Gasteiger partial charge in [0.05, 0.1) is 13.4 Å². The summed E-state index contributed by atoms with van der Waals surface area (Å²) in [6.07, 6.45) is 1.61. The summed E-state index contributed by atoms with van der Waals surface area (Å²) in [5.41, 5.74) is 8.34. The third-order valence-corrected chi connectivity index (χ3v) is 2.17. The van der Waals surface area contributed by atoms with E-state index in [0.29, 0.717) is 5.58 Å². The van der Waals surface area contributed by atoms with Crippen LogP contribution >= 0.6 is 0 Å². The van der Waals surface area contributed by atoms with E-state index < -0.39 is 0 Å². The maximum Gasteiger partial charge on any atom is 0.177 e. The molecule has 0 saturated carbocycles. The number of nitrogen functional groups attached to an aromatic ring is 1. The molecular formula is C10H11NO2. The van der Waals surface area contributed by atoms with Gasteiger partial charge in [-0.25, -0.2) is 0 Å². The number of furan rings is 1. The van der Waals surface area contributed by atoms with Crippen molar-refractivity contribution in [1.82, 2.24) is 0 Å². The number of ether oxygens (including phenoxy) is 1. The molecule has 0 radical (unpaired) electrons. The monoisotopic (exact) mass is 177 g/mol. The van der Waals surface area contributed by atoms with Crippen LogP contribution in [0, 0.1) is 6.92 Å². The molecule has 2 rings (SSSR count). The minimum atomic E-state index is 0.714. The highest BCUT2D eigenvalue weighted by Gasteiger charge is 2.09. The molecule has 1 aromatic carbocycles. The van der Waals surface area contributed by atoms with E-state index in [4.69, 9.17) is 14.9 Å². The van der Waals surface area contributed by atoms with Gasteiger partial charge in [-0.1, -0.05) is 0 Å². The van der Waals surface area contributed by atoms with Crippen molar-refractivity contribution in [1.29, 1.82) is 0 Å². The lowest BCUT2D eigenvalue weighted by Crippen LogP contribution is -1.92. The second kappa shape index (κ2) is 2.69. The summed E-state index contributed by atoms with van der Waals surface area (Å²) in [7, 11) is 1.62. The predicted molar refractivity (Wildman–Crippen MR) is 51.9 cm³/mol. The molecule has 2 aromatic rings. The number of anilines is 1. The quantitative estimate of drug-likeness (QED) is 0.680. The maximum atomic E-state index is 5.87. The van der Waals surface area contributed by atoms with E-state index in [-0.39, 0.29) is 0 Å². The van der Waals surface area contributed by atoms with Crippen LogP contribution in [-0.4, -0.2) is 7.11 Å². The van der Waals surface area contributed by atoms with Crippen molar-refractivity contribution in [2.24, 2.45) is 0 Å². The van der Waals surface area contributed by atoms with Gasteiger partial charge in [-0.3, -0.25) is 0 Å². The first kappa shape index (κ1) is 7.98. The molecule has 1 heterocycles. The first-order valence-corrected chi connectivity index (χ1v) is 4.04. The number of hydrogen-bond acceptors (Lipinski definition) is 3. The average Bonchev–Trinajstić information content (AvgIpc) is 2.60. The van der Waals surface area contributed by atoms with Crippen LogP contribution in [0.15, 0.2) is 22.8 Å². The molecule has 2 N–H and O–H groups in total. The van der Waals surface area contributed by atoms with Gasteiger partial charge in [-0.05, 0) is 24.6 Å². The second-order valence-corrected chi connectivity index (χ2v) is 2.97. The standard InChI is InChI=1S/C10H11NO2/c1-6-5-8(12-2)10-7(9(6)11)3-4-13-10/h3-5H,11H2,1-2H3. The number of rotatable bonds is 1. The van der Waals surface area contributed by atoms with Crippen molar-refractivity contribution in [2.45, 2.75) is 6.92 Å². The molecule has 0 amide bonds. The highest BCUT2D eigenvalue weighted by Crippen LogP contribution is 2.33. The number of methoxy groups -OCH3 is 1. The van der Waals surface area contributed by atoms with E-state index in [1.807, 2.05) is 19.1 Å². The Balaban J connectivity index is 2.87. The van der Waals surface area contributed by atoms with Gasteiger partial charge >= 0.3 is 0 Å². The molecule has 0 saturated heterocycles. The summed E-state index contributed by atoms with van der Waals surface area (Å²) in [5.74, 6) is 0.728. The molecule has 1 aromatic heterocycles. The Kier molecular flexibility index (Phi) is 1.65. The molecule has 3 nitrogen and oxygen atoms in total. The number of fused-ring (bicyclic) bond motifs is 1. The number of nitrogens with two attached hydrogens (primary N) is 1. The third kappa shape index (κ3) is 1.04. The van der Waals surface area contributed by atoms with Crippen molar-refractivity contribution in [3.8, 4) is 5.75 Å². The maximum absolute atomic E-state index is 5.87. The Morgan fingerprint density at radius 1 is 1.46 bits per heavy atom. The minimum Gasteiger partial charge on any atom is -0.493 e. The van der Waals surface area contributed by atoms with Gasteiger partial charge in [-0.2, -0.15) is 0 Å². The molecule has 0 atom stereocenters. The zero-order valence-corrected chi connectivity index (χ0v) is 7.63. The molecular weight excluding hydrogens is 166 g/mol. The van der Waals surface area contributed by atoms with Gasteiger partial charge < -0.3 is 14.9 Å². The Labute approximate surface area is 76.1 Å². The van der Waals surface area contributed by atoms with Crippen molar-refractivity contribution in [3.05, 3.63) is 24.0 Å². The molecule has 0 bridgehead atoms. The van der Waals surface area contributed by atoms with Gasteiger partial charge in [0.25, 0.3) is 0 Å². The Morgan fingerprint density at radius 2 is 2.23 bits per heavy atom. The van der Waals surface area contributed by atoms with Gasteiger partial charge in [-0.15, -0.1) is 0 Å². The summed E-state index contributed by atoms with van der Waals surface area (Å²) < 4.78 is 10.4. The van der Waals surface area contributed by atoms with E-state index >= 15 is 0 Å². The summed E-state index contributed by atoms with van der Waals surface area (Å²) in [6, 6.07) is 3.72. The molecule has 13 heavy (non-hydrogen) atoms. The van der Waals surface area contributed by atoms with Crippen molar-refractivity contribution < 1.29 is 9.15 Å². The Morgan fingerprint density at radius 3 is 2.92 bits per heavy atom. The Bertz CT molecular complexity index is 445. The lowest BCUT2D eigenvalue weighted by Gasteiger charge is -2.05. The SMILES string of the molecule is COc1cc(C)c(N)c2ccoc12. The van der Waals surface area contributed by atoms with Crippen LogP contribution in [0.5, 0.6) is 5.75 Å². The van der Waals surface area contributed by atoms with Crippen molar-refractivity contribution in [2.75, 3.05) is 12.8 Å². The van der Waals surface area contributed by atoms with Crippen LogP contribution in [0.25, 0.3) is 11.0 Å². The summed E-state index contributed by atoms with van der Waals surface area (Å²) in [4.78, 5) is 0. The molecule has 0 aliphatic rings. The molecule has 0 aliphatic heterocycles. The lowest BCUT2D eigenvalue weighted by molar-refractivity contribution is 0.410. The topological polar surface area (TPSA) is 48.4 Å². The lowest BCUT2D eigenvalue weighted by atomic mass is 10.1. The zero-order valence-electron chi connectivity index (χ0n) is 7.63. The van der Waals surface area contributed by atoms with E-state index in [1.54, 1.807) is 13.4 Å². The second-order valence-electron chi connectivity index (χ2n) is 2.97. The molecule has 0 aliphatic carbocycles. The predicted octanol–water partition coefficient (Wildman–Crippen LogP) is 2.33. The first-order valence-electron chi connectivity index (χ1n) is 4.04. The first-order chi connectivity index (χ1) is 6.24. The number of benzene rings is 1. The van der Waals surface area contributed by atoms with Crippen LogP contribution in [0.4, 0.5) is 5.69 Å². The molecule has 3 heteroatoms. The van der Waals surface area contributed by atoms with Gasteiger partial charge in [0.1, 0.15) is 0 Å².